The van der Waals surface area contributed by atoms with E-state index in [1.54, 1.807) is 0 Å². The van der Waals surface area contributed by atoms with Crippen LogP contribution in [-0.4, -0.2) is 38.8 Å². The Bertz CT molecular complexity index is 269. The van der Waals surface area contributed by atoms with Gasteiger partial charge in [0.1, 0.15) is 0 Å². The van der Waals surface area contributed by atoms with Gasteiger partial charge < -0.3 is 15.4 Å². The van der Waals surface area contributed by atoms with E-state index < -0.39 is 0 Å². The molecule has 0 radical (unpaired) electrons. The summed E-state index contributed by atoms with van der Waals surface area (Å²) in [5.74, 6) is 0.957. The van der Waals surface area contributed by atoms with Gasteiger partial charge >= 0.3 is 0 Å². The summed E-state index contributed by atoms with van der Waals surface area (Å²) in [5, 5.41) is 6.44. The molecule has 2 saturated heterocycles. The van der Waals surface area contributed by atoms with Crippen LogP contribution in [0.3, 0.4) is 0 Å². The van der Waals surface area contributed by atoms with Crippen molar-refractivity contribution in [2.45, 2.75) is 39.0 Å². The third-order valence-electron chi connectivity index (χ3n) is 4.32. The third-order valence-corrected chi connectivity index (χ3v) is 4.32. The SMILES string of the molecule is CC1(C(=O)NCCC2CCOCC2)CCCNC1. The van der Waals surface area contributed by atoms with E-state index in [1.807, 2.05) is 0 Å². The smallest absolute Gasteiger partial charge is 0.227 e. The van der Waals surface area contributed by atoms with Crippen LogP contribution in [0.2, 0.25) is 0 Å². The highest BCUT2D eigenvalue weighted by molar-refractivity contribution is 5.82. The predicted molar refractivity (Wildman–Crippen MR) is 71.4 cm³/mol. The van der Waals surface area contributed by atoms with Crippen LogP contribution in [0.15, 0.2) is 0 Å². The Morgan fingerprint density at radius 2 is 2.22 bits per heavy atom. The molecule has 1 unspecified atom stereocenters. The van der Waals surface area contributed by atoms with Gasteiger partial charge in [-0.3, -0.25) is 4.79 Å². The molecule has 104 valence electrons. The minimum atomic E-state index is -0.200. The van der Waals surface area contributed by atoms with E-state index in [2.05, 4.69) is 17.6 Å². The van der Waals surface area contributed by atoms with Crippen LogP contribution in [0.4, 0.5) is 0 Å². The zero-order valence-corrected chi connectivity index (χ0v) is 11.5. The number of carbonyl (C=O) groups excluding carboxylic acids is 1. The fourth-order valence-corrected chi connectivity index (χ4v) is 2.89. The predicted octanol–water partition coefficient (Wildman–Crippen LogP) is 1.31. The van der Waals surface area contributed by atoms with Gasteiger partial charge in [0.15, 0.2) is 0 Å². The maximum atomic E-state index is 12.2. The Morgan fingerprint density at radius 3 is 2.89 bits per heavy atom. The highest BCUT2D eigenvalue weighted by Gasteiger charge is 2.34. The summed E-state index contributed by atoms with van der Waals surface area (Å²) in [6.45, 7) is 6.53. The normalized spacial score (nSPS) is 30.1. The largest absolute Gasteiger partial charge is 0.381 e. The molecule has 4 heteroatoms. The summed E-state index contributed by atoms with van der Waals surface area (Å²) < 4.78 is 5.34. The Hall–Kier alpha value is -0.610. The Balaban J connectivity index is 1.67. The third kappa shape index (κ3) is 3.69. The van der Waals surface area contributed by atoms with Crippen molar-refractivity contribution in [1.82, 2.24) is 10.6 Å². The van der Waals surface area contributed by atoms with Crippen LogP contribution in [0.25, 0.3) is 0 Å². The van der Waals surface area contributed by atoms with E-state index in [0.29, 0.717) is 0 Å². The van der Waals surface area contributed by atoms with Crippen LogP contribution in [0.5, 0.6) is 0 Å². The summed E-state index contributed by atoms with van der Waals surface area (Å²) >= 11 is 0. The number of piperidine rings is 1. The first-order valence-corrected chi connectivity index (χ1v) is 7.27. The molecule has 1 amide bonds. The number of carbonyl (C=O) groups is 1. The molecule has 2 N–H and O–H groups in total. The molecule has 4 nitrogen and oxygen atoms in total. The lowest BCUT2D eigenvalue weighted by molar-refractivity contribution is -0.131. The number of amides is 1. The molecule has 2 aliphatic heterocycles. The average molecular weight is 254 g/mol. The van der Waals surface area contributed by atoms with Crippen LogP contribution in [0, 0.1) is 11.3 Å². The quantitative estimate of drug-likeness (QED) is 0.795. The Kier molecular flexibility index (Phi) is 5.01. The summed E-state index contributed by atoms with van der Waals surface area (Å²) in [6.07, 6.45) is 5.50. The fourth-order valence-electron chi connectivity index (χ4n) is 2.89. The second kappa shape index (κ2) is 6.53. The van der Waals surface area contributed by atoms with E-state index in [4.69, 9.17) is 4.74 Å². The Labute approximate surface area is 110 Å². The van der Waals surface area contributed by atoms with Gasteiger partial charge in [-0.1, -0.05) is 0 Å². The second-order valence-corrected chi connectivity index (χ2v) is 5.94. The van der Waals surface area contributed by atoms with Crippen LogP contribution < -0.4 is 10.6 Å². The van der Waals surface area contributed by atoms with Gasteiger partial charge in [0.2, 0.25) is 5.91 Å². The first kappa shape index (κ1) is 13.8. The molecular weight excluding hydrogens is 228 g/mol. The zero-order chi connectivity index (χ0) is 12.8. The molecule has 0 aromatic carbocycles. The highest BCUT2D eigenvalue weighted by Crippen LogP contribution is 2.25. The molecule has 2 fully saturated rings. The molecule has 18 heavy (non-hydrogen) atoms. The maximum absolute atomic E-state index is 12.2. The lowest BCUT2D eigenvalue weighted by atomic mass is 9.82. The van der Waals surface area contributed by atoms with Crippen LogP contribution >= 0.6 is 0 Å². The van der Waals surface area contributed by atoms with E-state index >= 15 is 0 Å². The first-order chi connectivity index (χ1) is 8.71. The molecule has 2 heterocycles. The molecule has 0 bridgehead atoms. The first-order valence-electron chi connectivity index (χ1n) is 7.27. The van der Waals surface area contributed by atoms with Gasteiger partial charge in [0.25, 0.3) is 0 Å². The number of rotatable bonds is 4. The van der Waals surface area contributed by atoms with Gasteiger partial charge in [-0.25, -0.2) is 0 Å². The van der Waals surface area contributed by atoms with E-state index in [9.17, 15) is 4.79 Å². The summed E-state index contributed by atoms with van der Waals surface area (Å²) in [5.41, 5.74) is -0.200. The zero-order valence-electron chi connectivity index (χ0n) is 11.5. The van der Waals surface area contributed by atoms with Crippen molar-refractivity contribution in [2.24, 2.45) is 11.3 Å². The van der Waals surface area contributed by atoms with Gasteiger partial charge in [-0.05, 0) is 51.5 Å². The molecule has 0 aromatic heterocycles. The van der Waals surface area contributed by atoms with Gasteiger partial charge in [0, 0.05) is 26.3 Å². The molecule has 2 aliphatic rings. The molecule has 0 saturated carbocycles. The molecular formula is C14H26N2O2. The molecule has 0 aromatic rings. The van der Waals surface area contributed by atoms with Crippen molar-refractivity contribution in [2.75, 3.05) is 32.8 Å². The van der Waals surface area contributed by atoms with Crippen molar-refractivity contribution in [1.29, 1.82) is 0 Å². The lowest BCUT2D eigenvalue weighted by Crippen LogP contribution is -2.49. The number of hydrogen-bond donors (Lipinski definition) is 2. The minimum absolute atomic E-state index is 0.200. The highest BCUT2D eigenvalue weighted by atomic mass is 16.5. The number of ether oxygens (including phenoxy) is 1. The topological polar surface area (TPSA) is 50.4 Å². The van der Waals surface area contributed by atoms with Gasteiger partial charge in [-0.2, -0.15) is 0 Å². The van der Waals surface area contributed by atoms with Crippen LogP contribution in [-0.2, 0) is 9.53 Å². The summed E-state index contributed by atoms with van der Waals surface area (Å²) in [6, 6.07) is 0. The van der Waals surface area contributed by atoms with E-state index in [0.717, 1.165) is 70.9 Å². The fraction of sp³-hybridized carbons (Fsp3) is 0.929. The average Bonchev–Trinajstić information content (AvgIpc) is 2.41. The maximum Gasteiger partial charge on any atom is 0.227 e. The van der Waals surface area contributed by atoms with Crippen LogP contribution in [0.1, 0.15) is 39.0 Å². The van der Waals surface area contributed by atoms with Gasteiger partial charge in [0.05, 0.1) is 5.41 Å². The molecule has 0 aliphatic carbocycles. The lowest BCUT2D eigenvalue weighted by Gasteiger charge is -2.33. The van der Waals surface area contributed by atoms with Crippen molar-refractivity contribution >= 4 is 5.91 Å². The second-order valence-electron chi connectivity index (χ2n) is 5.94. The van der Waals surface area contributed by atoms with Crippen molar-refractivity contribution < 1.29 is 9.53 Å². The Morgan fingerprint density at radius 1 is 1.44 bits per heavy atom. The van der Waals surface area contributed by atoms with E-state index in [-0.39, 0.29) is 11.3 Å². The van der Waals surface area contributed by atoms with Crippen molar-refractivity contribution in [3.05, 3.63) is 0 Å². The van der Waals surface area contributed by atoms with E-state index in [1.165, 1.54) is 0 Å². The minimum Gasteiger partial charge on any atom is -0.381 e. The number of hydrogen-bond acceptors (Lipinski definition) is 3. The summed E-state index contributed by atoms with van der Waals surface area (Å²) in [7, 11) is 0. The number of nitrogens with one attached hydrogen (secondary N) is 2. The molecule has 2 rings (SSSR count). The monoisotopic (exact) mass is 254 g/mol. The van der Waals surface area contributed by atoms with Crippen molar-refractivity contribution in [3.8, 4) is 0 Å². The standard InChI is InChI=1S/C14H26N2O2/c1-14(6-2-7-15-11-14)13(17)16-8-3-12-4-9-18-10-5-12/h12,15H,2-11H2,1H3,(H,16,17). The van der Waals surface area contributed by atoms with Gasteiger partial charge in [-0.15, -0.1) is 0 Å². The summed E-state index contributed by atoms with van der Waals surface area (Å²) in [4.78, 5) is 12.2. The van der Waals surface area contributed by atoms with Crippen molar-refractivity contribution in [3.63, 3.8) is 0 Å². The molecule has 0 spiro atoms. The molecule has 1 atom stereocenters.